The Labute approximate surface area is 126 Å². The van der Waals surface area contributed by atoms with Gasteiger partial charge >= 0.3 is 0 Å². The van der Waals surface area contributed by atoms with E-state index in [1.54, 1.807) is 12.1 Å². The molecule has 0 nitrogen and oxygen atoms in total. The molecule has 0 aliphatic heterocycles. The van der Waals surface area contributed by atoms with Crippen LogP contribution in [0.4, 0.5) is 0 Å². The average Bonchev–Trinajstić information content (AvgIpc) is 2.35. The summed E-state index contributed by atoms with van der Waals surface area (Å²) in [6, 6.07) is 9.37. The monoisotopic (exact) mass is 318 g/mol. The van der Waals surface area contributed by atoms with Gasteiger partial charge in [0.2, 0.25) is 0 Å². The predicted octanol–water partition coefficient (Wildman–Crippen LogP) is 6.20. The van der Waals surface area contributed by atoms with Crippen LogP contribution in [0.25, 0.3) is 0 Å². The first-order chi connectivity index (χ1) is 8.50. The molecule has 2 rings (SSSR count). The van der Waals surface area contributed by atoms with Crippen LogP contribution in [-0.2, 0) is 6.42 Å². The largest absolute Gasteiger partial charge is 0.0827 e. The van der Waals surface area contributed by atoms with Crippen molar-refractivity contribution in [2.75, 3.05) is 0 Å². The summed E-state index contributed by atoms with van der Waals surface area (Å²) in [5.41, 5.74) is 3.04. The zero-order chi connectivity index (χ0) is 13.3. The Bertz CT molecular complexity index is 591. The molecular formula is C14H10Cl4. The zero-order valence-corrected chi connectivity index (χ0v) is 12.6. The Morgan fingerprint density at radius 2 is 1.44 bits per heavy atom. The van der Waals surface area contributed by atoms with Crippen molar-refractivity contribution >= 4 is 46.4 Å². The summed E-state index contributed by atoms with van der Waals surface area (Å²) >= 11 is 24.3. The summed E-state index contributed by atoms with van der Waals surface area (Å²) in [5, 5.41) is 2.30. The minimum Gasteiger partial charge on any atom is -0.0827 e. The molecule has 0 spiro atoms. The molecular weight excluding hydrogens is 310 g/mol. The first kappa shape index (κ1) is 14.0. The molecule has 18 heavy (non-hydrogen) atoms. The lowest BCUT2D eigenvalue weighted by Gasteiger charge is -2.10. The molecule has 0 bridgehead atoms. The van der Waals surface area contributed by atoms with Gasteiger partial charge in [0.1, 0.15) is 0 Å². The summed E-state index contributed by atoms with van der Waals surface area (Å²) in [5.74, 6) is 0. The molecule has 0 aliphatic carbocycles. The SMILES string of the molecule is Cc1c(Cc2cccc(Cl)c2Cl)ccc(Cl)c1Cl. The standard InChI is InChI=1S/C14H10Cl4/c1-8-9(5-6-12(16)13(8)17)7-10-3-2-4-11(15)14(10)18/h2-6H,7H2,1H3. The molecule has 0 aliphatic rings. The van der Waals surface area contributed by atoms with E-state index in [9.17, 15) is 0 Å². The summed E-state index contributed by atoms with van der Waals surface area (Å²) in [6.07, 6.45) is 0.683. The number of rotatable bonds is 2. The van der Waals surface area contributed by atoms with E-state index in [-0.39, 0.29) is 0 Å². The molecule has 0 saturated heterocycles. The molecule has 0 amide bonds. The van der Waals surface area contributed by atoms with Gasteiger partial charge in [0.05, 0.1) is 20.1 Å². The van der Waals surface area contributed by atoms with Crippen molar-refractivity contribution in [1.29, 1.82) is 0 Å². The van der Waals surface area contributed by atoms with E-state index in [1.165, 1.54) is 0 Å². The number of halogens is 4. The van der Waals surface area contributed by atoms with Crippen LogP contribution in [0.5, 0.6) is 0 Å². The van der Waals surface area contributed by atoms with Crippen molar-refractivity contribution < 1.29 is 0 Å². The second kappa shape index (κ2) is 5.71. The lowest BCUT2D eigenvalue weighted by molar-refractivity contribution is 1.16. The van der Waals surface area contributed by atoms with E-state index in [4.69, 9.17) is 46.4 Å². The minimum atomic E-state index is 0.562. The van der Waals surface area contributed by atoms with Crippen LogP contribution >= 0.6 is 46.4 Å². The van der Waals surface area contributed by atoms with Crippen molar-refractivity contribution in [3.63, 3.8) is 0 Å². The lowest BCUT2D eigenvalue weighted by Crippen LogP contribution is -1.94. The second-order valence-electron chi connectivity index (χ2n) is 4.04. The van der Waals surface area contributed by atoms with E-state index in [2.05, 4.69) is 0 Å². The number of hydrogen-bond donors (Lipinski definition) is 0. The van der Waals surface area contributed by atoms with Gasteiger partial charge in [0.15, 0.2) is 0 Å². The van der Waals surface area contributed by atoms with E-state index in [0.29, 0.717) is 26.5 Å². The predicted molar refractivity (Wildman–Crippen MR) is 80.5 cm³/mol. The summed E-state index contributed by atoms with van der Waals surface area (Å²) < 4.78 is 0. The molecule has 0 heterocycles. The topological polar surface area (TPSA) is 0 Å². The van der Waals surface area contributed by atoms with Crippen molar-refractivity contribution in [3.05, 3.63) is 67.1 Å². The van der Waals surface area contributed by atoms with Gasteiger partial charge < -0.3 is 0 Å². The van der Waals surface area contributed by atoms with Gasteiger partial charge in [-0.25, -0.2) is 0 Å². The van der Waals surface area contributed by atoms with Gasteiger partial charge in [0.25, 0.3) is 0 Å². The molecule has 0 aromatic heterocycles. The summed E-state index contributed by atoms with van der Waals surface area (Å²) in [4.78, 5) is 0. The van der Waals surface area contributed by atoms with E-state index in [1.807, 2.05) is 25.1 Å². The third-order valence-corrected chi connectivity index (χ3v) is 4.62. The fraction of sp³-hybridized carbons (Fsp3) is 0.143. The smallest absolute Gasteiger partial charge is 0.0627 e. The number of hydrogen-bond acceptors (Lipinski definition) is 0. The molecule has 2 aromatic rings. The maximum atomic E-state index is 6.18. The van der Waals surface area contributed by atoms with Crippen molar-refractivity contribution in [2.45, 2.75) is 13.3 Å². The molecule has 4 heteroatoms. The van der Waals surface area contributed by atoms with Crippen molar-refractivity contribution in [1.82, 2.24) is 0 Å². The van der Waals surface area contributed by atoms with Crippen LogP contribution in [0.2, 0.25) is 20.1 Å². The Balaban J connectivity index is 2.41. The molecule has 0 atom stereocenters. The molecule has 0 unspecified atom stereocenters. The average molecular weight is 320 g/mol. The van der Waals surface area contributed by atoms with Crippen LogP contribution in [0, 0.1) is 6.92 Å². The third-order valence-electron chi connectivity index (χ3n) is 2.86. The van der Waals surface area contributed by atoms with Crippen molar-refractivity contribution in [2.24, 2.45) is 0 Å². The highest BCUT2D eigenvalue weighted by molar-refractivity contribution is 6.43. The molecule has 0 radical (unpaired) electrons. The minimum absolute atomic E-state index is 0.562. The highest BCUT2D eigenvalue weighted by atomic mass is 35.5. The van der Waals surface area contributed by atoms with Crippen LogP contribution in [0.3, 0.4) is 0 Å². The molecule has 2 aromatic carbocycles. The maximum absolute atomic E-state index is 6.18. The quantitative estimate of drug-likeness (QED) is 0.618. The molecule has 0 fully saturated rings. The van der Waals surface area contributed by atoms with E-state index >= 15 is 0 Å². The molecule has 94 valence electrons. The van der Waals surface area contributed by atoms with E-state index in [0.717, 1.165) is 16.7 Å². The highest BCUT2D eigenvalue weighted by Gasteiger charge is 2.10. The van der Waals surface area contributed by atoms with Gasteiger partial charge in [-0.3, -0.25) is 0 Å². The Morgan fingerprint density at radius 3 is 2.17 bits per heavy atom. The van der Waals surface area contributed by atoms with Crippen LogP contribution in [0.1, 0.15) is 16.7 Å². The van der Waals surface area contributed by atoms with Crippen LogP contribution in [0.15, 0.2) is 30.3 Å². The fourth-order valence-electron chi connectivity index (χ4n) is 1.77. The van der Waals surface area contributed by atoms with E-state index < -0.39 is 0 Å². The normalized spacial score (nSPS) is 10.7. The van der Waals surface area contributed by atoms with Crippen molar-refractivity contribution in [3.8, 4) is 0 Å². The van der Waals surface area contributed by atoms with Gasteiger partial charge in [-0.2, -0.15) is 0 Å². The van der Waals surface area contributed by atoms with Gasteiger partial charge in [-0.05, 0) is 42.2 Å². The summed E-state index contributed by atoms with van der Waals surface area (Å²) in [6.45, 7) is 1.95. The Kier molecular flexibility index (Phi) is 4.45. The lowest BCUT2D eigenvalue weighted by atomic mass is 10.0. The first-order valence-corrected chi connectivity index (χ1v) is 6.88. The number of benzene rings is 2. The Hall–Kier alpha value is -0.400. The maximum Gasteiger partial charge on any atom is 0.0627 e. The van der Waals surface area contributed by atoms with Gasteiger partial charge in [-0.1, -0.05) is 64.6 Å². The first-order valence-electron chi connectivity index (χ1n) is 5.37. The zero-order valence-electron chi connectivity index (χ0n) is 9.61. The molecule has 0 saturated carbocycles. The highest BCUT2D eigenvalue weighted by Crippen LogP contribution is 2.32. The molecule has 0 N–H and O–H groups in total. The summed E-state index contributed by atoms with van der Waals surface area (Å²) in [7, 11) is 0. The van der Waals surface area contributed by atoms with Crippen LogP contribution in [-0.4, -0.2) is 0 Å². The third kappa shape index (κ3) is 2.78. The van der Waals surface area contributed by atoms with Gasteiger partial charge in [-0.15, -0.1) is 0 Å². The van der Waals surface area contributed by atoms with Crippen LogP contribution < -0.4 is 0 Å². The van der Waals surface area contributed by atoms with Gasteiger partial charge in [0, 0.05) is 0 Å². The Morgan fingerprint density at radius 1 is 0.778 bits per heavy atom. The second-order valence-corrected chi connectivity index (χ2v) is 5.61. The fourth-order valence-corrected chi connectivity index (χ4v) is 2.55.